The van der Waals surface area contributed by atoms with Gasteiger partial charge in [0, 0.05) is 21.6 Å². The first-order chi connectivity index (χ1) is 23.3. The van der Waals surface area contributed by atoms with Gasteiger partial charge in [-0.2, -0.15) is 0 Å². The van der Waals surface area contributed by atoms with Gasteiger partial charge in [-0.15, -0.1) is 0 Å². The molecule has 0 aliphatic carbocycles. The van der Waals surface area contributed by atoms with E-state index in [-0.39, 0.29) is 26.2 Å². The Bertz CT molecular complexity index is 1850. The fraction of sp³-hybridized carbons (Fsp3) is 0.324. The van der Waals surface area contributed by atoms with Crippen LogP contribution in [0.25, 0.3) is 5.57 Å². The zero-order valence-electron chi connectivity index (χ0n) is 27.9. The number of carbonyl (C=O) groups is 5. The molecule has 3 aliphatic rings. The SMILES string of the molecule is CCOc1ccc2c(c1)C1=C(SC(C(=O)OC)=C(C(=O)OC)C13SC(C(=O)OC)=C(C(=O)OC)S3)C(C)(C)N2C(=O)c1cccc(OC)c1. The Morgan fingerprint density at radius 2 is 1.33 bits per heavy atom. The molecule has 0 unspecified atom stereocenters. The van der Waals surface area contributed by atoms with Crippen LogP contribution in [0.5, 0.6) is 11.5 Å². The van der Waals surface area contributed by atoms with Crippen LogP contribution < -0.4 is 14.4 Å². The fourth-order valence-corrected chi connectivity index (χ4v) is 10.9. The van der Waals surface area contributed by atoms with Gasteiger partial charge in [0.2, 0.25) is 0 Å². The van der Waals surface area contributed by atoms with Gasteiger partial charge in [-0.3, -0.25) is 9.69 Å². The van der Waals surface area contributed by atoms with Gasteiger partial charge in [0.1, 0.15) is 30.3 Å². The molecule has 0 saturated carbocycles. The van der Waals surface area contributed by atoms with Gasteiger partial charge < -0.3 is 28.4 Å². The minimum absolute atomic E-state index is 0.140. The van der Waals surface area contributed by atoms with E-state index in [0.717, 1.165) is 56.6 Å². The molecule has 1 amide bonds. The summed E-state index contributed by atoms with van der Waals surface area (Å²) < 4.78 is 30.1. The minimum Gasteiger partial charge on any atom is -0.497 e. The van der Waals surface area contributed by atoms with Crippen molar-refractivity contribution < 1.29 is 52.4 Å². The summed E-state index contributed by atoms with van der Waals surface area (Å²) in [6.07, 6.45) is 0. The third-order valence-electron chi connectivity index (χ3n) is 7.94. The summed E-state index contributed by atoms with van der Waals surface area (Å²) >= 11 is 2.65. The lowest BCUT2D eigenvalue weighted by Gasteiger charge is -2.50. The zero-order chi connectivity index (χ0) is 35.8. The molecule has 0 atom stereocenters. The van der Waals surface area contributed by atoms with Gasteiger partial charge in [-0.1, -0.05) is 41.4 Å². The van der Waals surface area contributed by atoms with Gasteiger partial charge in [-0.25, -0.2) is 19.2 Å². The van der Waals surface area contributed by atoms with Crippen LogP contribution in [0, 0.1) is 0 Å². The molecule has 1 spiro atoms. The molecule has 2 aromatic rings. The molecule has 0 N–H and O–H groups in total. The Hall–Kier alpha value is -4.34. The first kappa shape index (κ1) is 36.0. The number of esters is 4. The Labute approximate surface area is 295 Å². The topological polar surface area (TPSA) is 144 Å². The Morgan fingerprint density at radius 1 is 0.735 bits per heavy atom. The molecule has 0 saturated heterocycles. The molecule has 0 bridgehead atoms. The van der Waals surface area contributed by atoms with E-state index in [0.29, 0.717) is 45.4 Å². The summed E-state index contributed by atoms with van der Waals surface area (Å²) in [4.78, 5) is 70.2. The summed E-state index contributed by atoms with van der Waals surface area (Å²) in [5.74, 6) is -2.92. The van der Waals surface area contributed by atoms with E-state index >= 15 is 0 Å². The molecule has 0 aromatic heterocycles. The van der Waals surface area contributed by atoms with Crippen molar-refractivity contribution in [1.82, 2.24) is 0 Å². The van der Waals surface area contributed by atoms with E-state index in [1.54, 1.807) is 61.2 Å². The zero-order valence-corrected chi connectivity index (χ0v) is 30.4. The number of rotatable bonds is 8. The lowest BCUT2D eigenvalue weighted by molar-refractivity contribution is -0.138. The molecule has 5 rings (SSSR count). The van der Waals surface area contributed by atoms with Gasteiger partial charge in [0.15, 0.2) is 0 Å². The largest absolute Gasteiger partial charge is 0.497 e. The van der Waals surface area contributed by atoms with Crippen molar-refractivity contribution in [2.45, 2.75) is 30.4 Å². The van der Waals surface area contributed by atoms with Crippen molar-refractivity contribution >= 4 is 76.3 Å². The fourth-order valence-electron chi connectivity index (χ4n) is 5.80. The summed E-state index contributed by atoms with van der Waals surface area (Å²) in [5, 5.41) is 0. The van der Waals surface area contributed by atoms with Crippen LogP contribution in [-0.4, -0.2) is 81.6 Å². The second kappa shape index (κ2) is 13.9. The lowest BCUT2D eigenvalue weighted by Crippen LogP contribution is -2.53. The van der Waals surface area contributed by atoms with Crippen molar-refractivity contribution in [1.29, 1.82) is 0 Å². The smallest absolute Gasteiger partial charge is 0.345 e. The maximum Gasteiger partial charge on any atom is 0.345 e. The number of fused-ring (bicyclic) bond motifs is 3. The van der Waals surface area contributed by atoms with E-state index in [4.69, 9.17) is 28.4 Å². The maximum absolute atomic E-state index is 14.6. The number of anilines is 1. The number of carbonyl (C=O) groups excluding carboxylic acids is 5. The van der Waals surface area contributed by atoms with Crippen molar-refractivity contribution in [2.75, 3.05) is 47.1 Å². The summed E-state index contributed by atoms with van der Waals surface area (Å²) in [5.41, 5.74) is 0.282. The molecule has 0 fully saturated rings. The first-order valence-electron chi connectivity index (χ1n) is 14.7. The van der Waals surface area contributed by atoms with E-state index in [2.05, 4.69) is 0 Å². The molecule has 49 heavy (non-hydrogen) atoms. The number of hydrogen-bond acceptors (Lipinski definition) is 14. The van der Waals surface area contributed by atoms with Crippen molar-refractivity contribution in [2.24, 2.45) is 0 Å². The number of amides is 1. The standard InChI is InChI=1S/C34H33NO11S3/c1-9-46-19-13-14-21-20(16-19)22-27(33(2,3)35(21)28(36)17-11-10-12-18(15-17)41-4)47-24(30(38)43-6)23(29(37)42-5)34(22)48-25(31(39)44-7)26(49-34)32(40)45-8/h10-16H,9H2,1-8H3. The van der Waals surface area contributed by atoms with Crippen LogP contribution in [-0.2, 0) is 38.1 Å². The number of nitrogens with zero attached hydrogens (tertiary/aromatic N) is 1. The number of methoxy groups -OCH3 is 5. The molecule has 3 aliphatic heterocycles. The van der Waals surface area contributed by atoms with Gasteiger partial charge in [0.05, 0.1) is 59.0 Å². The third kappa shape index (κ3) is 5.87. The van der Waals surface area contributed by atoms with E-state index in [1.807, 2.05) is 6.92 Å². The van der Waals surface area contributed by atoms with Crippen LogP contribution in [0.4, 0.5) is 5.69 Å². The second-order valence-electron chi connectivity index (χ2n) is 11.0. The Kier molecular flexibility index (Phi) is 10.2. The van der Waals surface area contributed by atoms with E-state index in [1.165, 1.54) is 14.2 Å². The molecular weight excluding hydrogens is 695 g/mol. The highest BCUT2D eigenvalue weighted by atomic mass is 32.2. The van der Waals surface area contributed by atoms with Crippen molar-refractivity contribution in [3.05, 3.63) is 78.8 Å². The van der Waals surface area contributed by atoms with E-state index in [9.17, 15) is 24.0 Å². The average molecular weight is 728 g/mol. The van der Waals surface area contributed by atoms with Crippen molar-refractivity contribution in [3.63, 3.8) is 0 Å². The predicted octanol–water partition coefficient (Wildman–Crippen LogP) is 5.32. The normalized spacial score (nSPS) is 17.3. The minimum atomic E-state index is -1.72. The summed E-state index contributed by atoms with van der Waals surface area (Å²) in [6, 6.07) is 11.9. The van der Waals surface area contributed by atoms with Crippen molar-refractivity contribution in [3.8, 4) is 11.5 Å². The summed E-state index contributed by atoms with van der Waals surface area (Å²) in [7, 11) is 6.15. The number of benzene rings is 2. The lowest BCUT2D eigenvalue weighted by atomic mass is 9.83. The average Bonchev–Trinajstić information content (AvgIpc) is 3.50. The highest BCUT2D eigenvalue weighted by molar-refractivity contribution is 8.26. The molecule has 12 nitrogen and oxygen atoms in total. The first-order valence-corrected chi connectivity index (χ1v) is 17.2. The second-order valence-corrected chi connectivity index (χ2v) is 14.7. The monoisotopic (exact) mass is 727 g/mol. The third-order valence-corrected chi connectivity index (χ3v) is 12.6. The number of thioether (sulfide) groups is 3. The van der Waals surface area contributed by atoms with Gasteiger partial charge in [-0.05, 0) is 57.2 Å². The molecule has 3 heterocycles. The molecule has 15 heteroatoms. The van der Waals surface area contributed by atoms with Gasteiger partial charge in [0.25, 0.3) is 5.91 Å². The van der Waals surface area contributed by atoms with Crippen LogP contribution in [0.1, 0.15) is 36.7 Å². The van der Waals surface area contributed by atoms with Gasteiger partial charge >= 0.3 is 23.9 Å². The molecule has 0 radical (unpaired) electrons. The number of hydrogen-bond donors (Lipinski definition) is 0. The molecule has 2 aromatic carbocycles. The van der Waals surface area contributed by atoms with Crippen LogP contribution in [0.3, 0.4) is 0 Å². The Balaban J connectivity index is 1.90. The van der Waals surface area contributed by atoms with Crippen LogP contribution >= 0.6 is 35.3 Å². The molecule has 258 valence electrons. The quantitative estimate of drug-likeness (QED) is 0.255. The van der Waals surface area contributed by atoms with E-state index < -0.39 is 33.5 Å². The maximum atomic E-state index is 14.6. The predicted molar refractivity (Wildman–Crippen MR) is 186 cm³/mol. The molecular formula is C34H33NO11S3. The highest BCUT2D eigenvalue weighted by Gasteiger charge is 2.62. The van der Waals surface area contributed by atoms with Crippen LogP contribution in [0.2, 0.25) is 0 Å². The summed E-state index contributed by atoms with van der Waals surface area (Å²) in [6.45, 7) is 5.76. The van der Waals surface area contributed by atoms with Crippen LogP contribution in [0.15, 0.2) is 67.7 Å². The number of ether oxygens (including phenoxy) is 6. The highest BCUT2D eigenvalue weighted by Crippen LogP contribution is 2.71. The Morgan fingerprint density at radius 3 is 1.88 bits per heavy atom.